The maximum Gasteiger partial charge on any atom is 0.232 e. The second-order valence-electron chi connectivity index (χ2n) is 5.66. The van der Waals surface area contributed by atoms with Gasteiger partial charge in [0.2, 0.25) is 5.91 Å². The molecule has 0 aromatic carbocycles. The molecule has 0 radical (unpaired) electrons. The normalized spacial score (nSPS) is 30.1. The number of hydrogen-bond acceptors (Lipinski definition) is 3. The lowest BCUT2D eigenvalue weighted by molar-refractivity contribution is -0.194. The average Bonchev–Trinajstić information content (AvgIpc) is 2.27. The molecule has 0 aliphatic carbocycles. The maximum atomic E-state index is 11.7. The Morgan fingerprint density at radius 3 is 2.31 bits per heavy atom. The minimum atomic E-state index is -0.426. The Morgan fingerprint density at radius 2 is 2.00 bits per heavy atom. The van der Waals surface area contributed by atoms with Gasteiger partial charge in [0.05, 0.1) is 15.5 Å². The second-order valence-corrected chi connectivity index (χ2v) is 7.53. The van der Waals surface area contributed by atoms with Gasteiger partial charge >= 0.3 is 0 Å². The fraction of sp³-hybridized carbons (Fsp3) is 0.909. The summed E-state index contributed by atoms with van der Waals surface area (Å²) in [6.07, 6.45) is 0.756. The number of nitrogens with one attached hydrogen (secondary N) is 1. The van der Waals surface area contributed by atoms with E-state index in [1.54, 1.807) is 0 Å². The molecule has 0 saturated carbocycles. The highest BCUT2D eigenvalue weighted by Crippen LogP contribution is 2.39. The number of carbonyl (C=O) groups is 1. The quantitative estimate of drug-likeness (QED) is 0.597. The molecule has 1 saturated heterocycles. The topological polar surface area (TPSA) is 52.6 Å². The van der Waals surface area contributed by atoms with Crippen LogP contribution in [0.4, 0.5) is 0 Å². The molecule has 1 aliphatic heterocycles. The molecule has 1 heterocycles. The van der Waals surface area contributed by atoms with Crippen molar-refractivity contribution in [3.05, 3.63) is 0 Å². The number of alkyl halides is 1. The lowest BCUT2D eigenvalue weighted by Gasteiger charge is -2.36. The van der Waals surface area contributed by atoms with Crippen molar-refractivity contribution in [1.82, 2.24) is 10.4 Å². The number of hydroxylamine groups is 2. The van der Waals surface area contributed by atoms with E-state index in [0.717, 1.165) is 6.42 Å². The largest absolute Gasteiger partial charge is 0.350 e. The molecule has 2 unspecified atom stereocenters. The van der Waals surface area contributed by atoms with Crippen molar-refractivity contribution in [2.45, 2.75) is 62.1 Å². The Kier molecular flexibility index (Phi) is 3.92. The van der Waals surface area contributed by atoms with Gasteiger partial charge in [-0.15, -0.1) is 0 Å². The highest BCUT2D eigenvalue weighted by Gasteiger charge is 2.51. The Morgan fingerprint density at radius 1 is 1.50 bits per heavy atom. The van der Waals surface area contributed by atoms with Gasteiger partial charge in [0.25, 0.3) is 0 Å². The van der Waals surface area contributed by atoms with Crippen LogP contribution in [0.15, 0.2) is 0 Å². The predicted molar refractivity (Wildman–Crippen MR) is 71.8 cm³/mol. The molecule has 0 spiro atoms. The van der Waals surface area contributed by atoms with Gasteiger partial charge in [0, 0.05) is 5.54 Å². The summed E-state index contributed by atoms with van der Waals surface area (Å²) >= 11 is 2.09. The van der Waals surface area contributed by atoms with E-state index in [1.807, 2.05) is 34.6 Å². The maximum absolute atomic E-state index is 11.7. The Balaban J connectivity index is 2.80. The molecule has 2 atom stereocenters. The van der Waals surface area contributed by atoms with Crippen LogP contribution in [-0.2, 0) is 4.79 Å². The minimum absolute atomic E-state index is 0.0165. The molecule has 16 heavy (non-hydrogen) atoms. The van der Waals surface area contributed by atoms with Crippen molar-refractivity contribution in [2.75, 3.05) is 0 Å². The van der Waals surface area contributed by atoms with Crippen LogP contribution in [0.3, 0.4) is 0 Å². The van der Waals surface area contributed by atoms with E-state index in [-0.39, 0.29) is 21.4 Å². The van der Waals surface area contributed by atoms with E-state index in [0.29, 0.717) is 0 Å². The van der Waals surface area contributed by atoms with E-state index >= 15 is 0 Å². The molecule has 5 heteroatoms. The van der Waals surface area contributed by atoms with E-state index in [1.165, 1.54) is 5.06 Å². The number of halogens is 1. The lowest BCUT2D eigenvalue weighted by atomic mass is 9.94. The van der Waals surface area contributed by atoms with E-state index < -0.39 is 5.54 Å². The first-order valence-electron chi connectivity index (χ1n) is 5.52. The van der Waals surface area contributed by atoms with Crippen LogP contribution < -0.4 is 5.32 Å². The molecular weight excluding hydrogens is 319 g/mol. The second kappa shape index (κ2) is 4.42. The van der Waals surface area contributed by atoms with Crippen LogP contribution >= 0.6 is 22.6 Å². The van der Waals surface area contributed by atoms with Gasteiger partial charge in [0.1, 0.15) is 0 Å². The standard InChI is InChI=1S/C11H21IN2O2/c1-7(12)9(15)13-8-6-10(2,3)14(16)11(8,4)5/h7-8,16H,6H2,1-5H3,(H,13,15). The first-order chi connectivity index (χ1) is 7.09. The summed E-state index contributed by atoms with van der Waals surface area (Å²) in [5.41, 5.74) is -0.722. The predicted octanol–water partition coefficient (Wildman–Crippen LogP) is 1.95. The van der Waals surface area contributed by atoms with Crippen molar-refractivity contribution >= 4 is 28.5 Å². The van der Waals surface area contributed by atoms with Gasteiger partial charge in [0.15, 0.2) is 0 Å². The van der Waals surface area contributed by atoms with Gasteiger partial charge in [-0.25, -0.2) is 0 Å². The molecular formula is C11H21IN2O2. The van der Waals surface area contributed by atoms with Crippen molar-refractivity contribution in [3.8, 4) is 0 Å². The summed E-state index contributed by atoms with van der Waals surface area (Å²) in [4.78, 5) is 11.7. The number of nitrogens with zero attached hydrogens (tertiary/aromatic N) is 1. The molecule has 1 aliphatic rings. The van der Waals surface area contributed by atoms with E-state index in [2.05, 4.69) is 27.9 Å². The molecule has 0 bridgehead atoms. The van der Waals surface area contributed by atoms with Gasteiger partial charge < -0.3 is 10.5 Å². The molecule has 0 aromatic rings. The number of hydrogen-bond donors (Lipinski definition) is 2. The summed E-state index contributed by atoms with van der Waals surface area (Å²) in [6.45, 7) is 9.72. The van der Waals surface area contributed by atoms with Crippen molar-refractivity contribution < 1.29 is 10.0 Å². The highest BCUT2D eigenvalue weighted by atomic mass is 127. The number of amides is 1. The van der Waals surface area contributed by atoms with E-state index in [4.69, 9.17) is 0 Å². The van der Waals surface area contributed by atoms with Crippen LogP contribution in [0.1, 0.15) is 41.0 Å². The summed E-state index contributed by atoms with van der Waals surface area (Å²) < 4.78 is -0.0516. The highest BCUT2D eigenvalue weighted by molar-refractivity contribution is 14.1. The minimum Gasteiger partial charge on any atom is -0.350 e. The van der Waals surface area contributed by atoms with Crippen molar-refractivity contribution in [3.63, 3.8) is 0 Å². The van der Waals surface area contributed by atoms with Gasteiger partial charge in [-0.1, -0.05) is 22.6 Å². The summed E-state index contributed by atoms with van der Waals surface area (Å²) in [5, 5.41) is 14.5. The monoisotopic (exact) mass is 340 g/mol. The SMILES string of the molecule is CC(I)C(=O)NC1CC(C)(C)N(O)C1(C)C. The fourth-order valence-corrected chi connectivity index (χ4v) is 2.46. The summed E-state index contributed by atoms with van der Waals surface area (Å²) in [7, 11) is 0. The van der Waals surface area contributed by atoms with Gasteiger partial charge in [-0.05, 0) is 41.0 Å². The van der Waals surface area contributed by atoms with Crippen LogP contribution in [-0.4, -0.2) is 37.2 Å². The lowest BCUT2D eigenvalue weighted by Crippen LogP contribution is -2.53. The van der Waals surface area contributed by atoms with Crippen LogP contribution in [0.2, 0.25) is 0 Å². The molecule has 4 nitrogen and oxygen atoms in total. The molecule has 94 valence electrons. The molecule has 2 N–H and O–H groups in total. The molecule has 0 aromatic heterocycles. The molecule has 1 amide bonds. The third-order valence-electron chi connectivity index (χ3n) is 3.35. The zero-order valence-electron chi connectivity index (χ0n) is 10.5. The van der Waals surface area contributed by atoms with Gasteiger partial charge in [-0.2, -0.15) is 5.06 Å². The van der Waals surface area contributed by atoms with Crippen molar-refractivity contribution in [2.24, 2.45) is 0 Å². The third-order valence-corrected chi connectivity index (χ3v) is 3.92. The van der Waals surface area contributed by atoms with E-state index in [9.17, 15) is 10.0 Å². The molecule has 1 rings (SSSR count). The first kappa shape index (κ1) is 14.2. The first-order valence-corrected chi connectivity index (χ1v) is 6.77. The Labute approximate surface area is 111 Å². The molecule has 1 fully saturated rings. The van der Waals surface area contributed by atoms with Gasteiger partial charge in [-0.3, -0.25) is 4.79 Å². The zero-order valence-corrected chi connectivity index (χ0v) is 12.7. The van der Waals surface area contributed by atoms with Crippen LogP contribution in [0.25, 0.3) is 0 Å². The van der Waals surface area contributed by atoms with Crippen LogP contribution in [0.5, 0.6) is 0 Å². The zero-order chi connectivity index (χ0) is 12.7. The van der Waals surface area contributed by atoms with Crippen LogP contribution in [0, 0.1) is 0 Å². The fourth-order valence-electron chi connectivity index (χ4n) is 2.28. The Bertz CT molecular complexity index is 290. The smallest absolute Gasteiger partial charge is 0.232 e. The average molecular weight is 340 g/mol. The summed E-state index contributed by atoms with van der Waals surface area (Å²) in [5.74, 6) is 0.0322. The number of rotatable bonds is 2. The number of carbonyl (C=O) groups excluding carboxylic acids is 1. The Hall–Kier alpha value is 0.120. The summed E-state index contributed by atoms with van der Waals surface area (Å²) in [6, 6.07) is -0.0165. The third kappa shape index (κ3) is 2.51. The van der Waals surface area contributed by atoms with Crippen molar-refractivity contribution in [1.29, 1.82) is 0 Å².